The highest BCUT2D eigenvalue weighted by atomic mass is 16.5. The van der Waals surface area contributed by atoms with Crippen LogP contribution in [-0.4, -0.2) is 91.3 Å². The molecular weight excluding hydrogens is 422 g/mol. The van der Waals surface area contributed by atoms with Crippen molar-refractivity contribution < 1.29 is 19.3 Å². The van der Waals surface area contributed by atoms with Crippen LogP contribution in [0.5, 0.6) is 11.5 Å². The number of aliphatic hydroxyl groups is 1. The number of benzene rings is 1. The average molecular weight is 458 g/mol. The molecule has 2 aliphatic rings. The Morgan fingerprint density at radius 2 is 1.94 bits per heavy atom. The molecule has 0 unspecified atom stereocenters. The summed E-state index contributed by atoms with van der Waals surface area (Å²) < 4.78 is 17.2. The van der Waals surface area contributed by atoms with Crippen molar-refractivity contribution in [1.82, 2.24) is 20.2 Å². The number of hydrogen-bond donors (Lipinski definition) is 2. The van der Waals surface area contributed by atoms with Crippen LogP contribution in [0, 0.1) is 0 Å². The van der Waals surface area contributed by atoms with E-state index in [4.69, 9.17) is 14.2 Å². The van der Waals surface area contributed by atoms with Gasteiger partial charge in [0.1, 0.15) is 6.61 Å². The molecule has 33 heavy (non-hydrogen) atoms. The van der Waals surface area contributed by atoms with Crippen LogP contribution in [-0.2, 0) is 11.3 Å². The molecule has 1 atom stereocenters. The molecule has 4 rings (SSSR count). The molecule has 9 heteroatoms. The van der Waals surface area contributed by atoms with Crippen LogP contribution in [0.15, 0.2) is 36.7 Å². The molecule has 2 aliphatic heterocycles. The summed E-state index contributed by atoms with van der Waals surface area (Å²) in [5.41, 5.74) is 0.286. The Morgan fingerprint density at radius 1 is 1.12 bits per heavy atom. The van der Waals surface area contributed by atoms with Crippen molar-refractivity contribution in [2.45, 2.75) is 25.5 Å². The van der Waals surface area contributed by atoms with E-state index in [2.05, 4.69) is 20.2 Å². The molecule has 0 spiro atoms. The minimum absolute atomic E-state index is 0.498. The van der Waals surface area contributed by atoms with Gasteiger partial charge in [0.25, 0.3) is 0 Å². The number of ether oxygens (including phenoxy) is 3. The highest BCUT2D eigenvalue weighted by molar-refractivity contribution is 5.43. The minimum Gasteiger partial charge on any atom is -0.490 e. The quantitative estimate of drug-likeness (QED) is 0.518. The Balaban J connectivity index is 1.26. The number of β-amino-alcohol motifs (C(OH)–C–C–N with tert-alkyl or cyclic N) is 1. The molecule has 1 aromatic heterocycles. The largest absolute Gasteiger partial charge is 0.490 e. The van der Waals surface area contributed by atoms with E-state index in [1.165, 1.54) is 0 Å². The molecule has 2 saturated heterocycles. The number of hydrogen-bond acceptors (Lipinski definition) is 9. The van der Waals surface area contributed by atoms with E-state index < -0.39 is 5.60 Å². The van der Waals surface area contributed by atoms with Crippen molar-refractivity contribution in [3.05, 3.63) is 42.2 Å². The van der Waals surface area contributed by atoms with Gasteiger partial charge in [0.2, 0.25) is 5.95 Å². The van der Waals surface area contributed by atoms with Gasteiger partial charge in [-0.3, -0.25) is 4.90 Å². The van der Waals surface area contributed by atoms with Gasteiger partial charge >= 0.3 is 0 Å². The fourth-order valence-electron chi connectivity index (χ4n) is 4.22. The van der Waals surface area contributed by atoms with Gasteiger partial charge in [-0.15, -0.1) is 0 Å². The molecule has 2 aromatic rings. The summed E-state index contributed by atoms with van der Waals surface area (Å²) in [4.78, 5) is 12.9. The first-order valence-corrected chi connectivity index (χ1v) is 11.8. The predicted molar refractivity (Wildman–Crippen MR) is 126 cm³/mol. The maximum Gasteiger partial charge on any atom is 0.225 e. The summed E-state index contributed by atoms with van der Waals surface area (Å²) in [7, 11) is 0. The van der Waals surface area contributed by atoms with Gasteiger partial charge in [-0.25, -0.2) is 9.97 Å². The molecule has 9 nitrogen and oxygen atoms in total. The molecule has 2 fully saturated rings. The lowest BCUT2D eigenvalue weighted by Crippen LogP contribution is -2.43. The van der Waals surface area contributed by atoms with Crippen LogP contribution >= 0.6 is 0 Å². The van der Waals surface area contributed by atoms with E-state index in [9.17, 15) is 5.11 Å². The normalized spacial score (nSPS) is 21.3. The van der Waals surface area contributed by atoms with E-state index in [0.29, 0.717) is 45.2 Å². The Labute approximate surface area is 195 Å². The van der Waals surface area contributed by atoms with Crippen LogP contribution in [0.2, 0.25) is 0 Å². The van der Waals surface area contributed by atoms with Crippen molar-refractivity contribution in [2.75, 3.05) is 70.6 Å². The monoisotopic (exact) mass is 457 g/mol. The van der Waals surface area contributed by atoms with Gasteiger partial charge in [-0.05, 0) is 37.1 Å². The predicted octanol–water partition coefficient (Wildman–Crippen LogP) is 1.32. The van der Waals surface area contributed by atoms with E-state index >= 15 is 0 Å². The number of nitrogens with one attached hydrogen (secondary N) is 1. The second-order valence-electron chi connectivity index (χ2n) is 8.56. The molecule has 0 aliphatic carbocycles. The highest BCUT2D eigenvalue weighted by Crippen LogP contribution is 2.29. The van der Waals surface area contributed by atoms with Crippen molar-refractivity contribution >= 4 is 5.95 Å². The van der Waals surface area contributed by atoms with Gasteiger partial charge in [0, 0.05) is 51.7 Å². The summed E-state index contributed by atoms with van der Waals surface area (Å²) in [6.45, 7) is 9.93. The third-order valence-electron chi connectivity index (χ3n) is 6.03. The third-order valence-corrected chi connectivity index (χ3v) is 6.03. The number of morpholine rings is 1. The SMILES string of the molecule is CCOc1cc(CNC[C@]2(O)CCN(c3ncccn3)C2)ccc1OCCN1CCOCC1. The lowest BCUT2D eigenvalue weighted by molar-refractivity contribution is 0.0320. The molecule has 0 bridgehead atoms. The maximum absolute atomic E-state index is 11.0. The van der Waals surface area contributed by atoms with Gasteiger partial charge in [0.05, 0.1) is 32.0 Å². The number of rotatable bonds is 11. The minimum atomic E-state index is -0.801. The van der Waals surface area contributed by atoms with E-state index in [1.807, 2.05) is 30.0 Å². The maximum atomic E-state index is 11.0. The fraction of sp³-hybridized carbons (Fsp3) is 0.583. The van der Waals surface area contributed by atoms with Gasteiger partial charge in [-0.2, -0.15) is 0 Å². The van der Waals surface area contributed by atoms with Crippen LogP contribution in [0.25, 0.3) is 0 Å². The number of anilines is 1. The summed E-state index contributed by atoms with van der Waals surface area (Å²) in [6.07, 6.45) is 4.13. The lowest BCUT2D eigenvalue weighted by atomic mass is 10.0. The highest BCUT2D eigenvalue weighted by Gasteiger charge is 2.36. The fourth-order valence-corrected chi connectivity index (χ4v) is 4.22. The Hall–Kier alpha value is -2.46. The zero-order valence-electron chi connectivity index (χ0n) is 19.4. The number of aromatic nitrogens is 2. The Kier molecular flexibility index (Phi) is 8.33. The van der Waals surface area contributed by atoms with Crippen molar-refractivity contribution in [3.63, 3.8) is 0 Å². The summed E-state index contributed by atoms with van der Waals surface area (Å²) >= 11 is 0. The Morgan fingerprint density at radius 3 is 2.73 bits per heavy atom. The van der Waals surface area contributed by atoms with E-state index in [1.54, 1.807) is 18.5 Å². The lowest BCUT2D eigenvalue weighted by Gasteiger charge is -2.26. The van der Waals surface area contributed by atoms with Crippen LogP contribution in [0.3, 0.4) is 0 Å². The van der Waals surface area contributed by atoms with Crippen LogP contribution < -0.4 is 19.7 Å². The average Bonchev–Trinajstić information content (AvgIpc) is 3.24. The molecule has 1 aromatic carbocycles. The second-order valence-corrected chi connectivity index (χ2v) is 8.56. The summed E-state index contributed by atoms with van der Waals surface area (Å²) in [5.74, 6) is 2.19. The Bertz CT molecular complexity index is 865. The summed E-state index contributed by atoms with van der Waals surface area (Å²) in [6, 6.07) is 7.83. The molecular formula is C24H35N5O4. The van der Waals surface area contributed by atoms with Crippen molar-refractivity contribution in [2.24, 2.45) is 0 Å². The van der Waals surface area contributed by atoms with Crippen LogP contribution in [0.4, 0.5) is 5.95 Å². The first-order chi connectivity index (χ1) is 16.1. The summed E-state index contributed by atoms with van der Waals surface area (Å²) in [5, 5.41) is 14.4. The van der Waals surface area contributed by atoms with Gasteiger partial charge < -0.3 is 29.5 Å². The first-order valence-electron chi connectivity index (χ1n) is 11.8. The molecule has 0 amide bonds. The van der Waals surface area contributed by atoms with Crippen molar-refractivity contribution in [3.8, 4) is 11.5 Å². The van der Waals surface area contributed by atoms with Crippen LogP contribution in [0.1, 0.15) is 18.9 Å². The second kappa shape index (κ2) is 11.6. The molecule has 0 radical (unpaired) electrons. The van der Waals surface area contributed by atoms with Gasteiger partial charge in [-0.1, -0.05) is 6.07 Å². The molecule has 0 saturated carbocycles. The standard InChI is InChI=1S/C24H35N5O4/c1-2-32-22-16-20(4-5-21(22)33-15-12-28-10-13-31-14-11-28)17-25-18-24(30)6-9-29(19-24)23-26-7-3-8-27-23/h3-5,7-8,16,25,30H,2,6,9-15,17-19H2,1H3/t24-/m1/s1. The topological polar surface area (TPSA) is 92.2 Å². The van der Waals surface area contributed by atoms with Gasteiger partial charge in [0.15, 0.2) is 11.5 Å². The van der Waals surface area contributed by atoms with E-state index in [-0.39, 0.29) is 0 Å². The smallest absolute Gasteiger partial charge is 0.225 e. The first kappa shape index (κ1) is 23.7. The number of nitrogens with zero attached hydrogens (tertiary/aromatic N) is 4. The zero-order valence-corrected chi connectivity index (χ0v) is 19.4. The van der Waals surface area contributed by atoms with E-state index in [0.717, 1.165) is 56.5 Å². The zero-order chi connectivity index (χ0) is 22.9. The van der Waals surface area contributed by atoms with Crippen molar-refractivity contribution in [1.29, 1.82) is 0 Å². The molecule has 3 heterocycles. The molecule has 2 N–H and O–H groups in total. The molecule has 180 valence electrons. The third kappa shape index (κ3) is 6.77.